The molecule has 3 heteroatoms. The molecule has 0 aromatic carbocycles. The van der Waals surface area contributed by atoms with E-state index in [1.165, 1.54) is 0 Å². The third kappa shape index (κ3) is 192. The summed E-state index contributed by atoms with van der Waals surface area (Å²) < 4.78 is 0. The van der Waals surface area contributed by atoms with Gasteiger partial charge < -0.3 is 0 Å². The van der Waals surface area contributed by atoms with Crippen LogP contribution in [0.4, 0.5) is 0 Å². The fourth-order valence-electron chi connectivity index (χ4n) is 0. The van der Waals surface area contributed by atoms with Gasteiger partial charge in [-0.25, -0.2) is 0 Å². The molecule has 0 saturated carbocycles. The minimum Gasteiger partial charge on any atom is -0.116 e. The van der Waals surface area contributed by atoms with Crippen LogP contribution in [-0.4, -0.2) is 40.0 Å². The quantitative estimate of drug-likeness (QED) is 0.574. The largest absolute Gasteiger partial charge is 0.116 e. The standard InChI is InChI=1S/2C3H9P.Zr/c2*1-4(2)3;/h2*1-3H3;. The zero-order valence-corrected chi connectivity index (χ0v) is 11.6. The molecule has 0 nitrogen and oxygen atoms in total. The van der Waals surface area contributed by atoms with Crippen LogP contribution < -0.4 is 0 Å². The molecule has 0 saturated heterocycles. The third-order valence-corrected chi connectivity index (χ3v) is 0. The maximum atomic E-state index is 2.23. The van der Waals surface area contributed by atoms with E-state index in [2.05, 4.69) is 40.0 Å². The van der Waals surface area contributed by atoms with Gasteiger partial charge in [0.15, 0.2) is 0 Å². The van der Waals surface area contributed by atoms with Gasteiger partial charge in [0.2, 0.25) is 0 Å². The smallest absolute Gasteiger partial charge is 0 e. The zero-order valence-electron chi connectivity index (χ0n) is 7.39. The molecule has 0 rings (SSSR count). The SMILES string of the molecule is CP(C)C.CP(C)C.[Zr]. The van der Waals surface area contributed by atoms with Crippen LogP contribution in [-0.2, 0) is 26.2 Å². The Hall–Kier alpha value is 1.74. The molecule has 0 heterocycles. The van der Waals surface area contributed by atoms with Crippen molar-refractivity contribution >= 4 is 15.8 Å². The third-order valence-electron chi connectivity index (χ3n) is 0. The van der Waals surface area contributed by atoms with E-state index < -0.39 is 0 Å². The average Bonchev–Trinajstić information content (AvgIpc) is 1.25. The van der Waals surface area contributed by atoms with Crippen LogP contribution in [0.15, 0.2) is 0 Å². The number of hydrogen-bond acceptors (Lipinski definition) is 0. The molecule has 0 aliphatic carbocycles. The van der Waals surface area contributed by atoms with E-state index >= 15 is 0 Å². The molecule has 9 heavy (non-hydrogen) atoms. The van der Waals surface area contributed by atoms with Gasteiger partial charge in [0.25, 0.3) is 0 Å². The molecule has 0 aromatic heterocycles. The van der Waals surface area contributed by atoms with Gasteiger partial charge in [-0.15, -0.1) is 15.8 Å². The van der Waals surface area contributed by atoms with Crippen molar-refractivity contribution < 1.29 is 26.2 Å². The van der Waals surface area contributed by atoms with E-state index in [0.717, 1.165) is 0 Å². The Morgan fingerprint density at radius 2 is 0.556 bits per heavy atom. The Balaban J connectivity index is -0.0000000720. The molecular weight excluding hydrogens is 225 g/mol. The van der Waals surface area contributed by atoms with Crippen molar-refractivity contribution in [2.75, 3.05) is 40.0 Å². The first-order valence-electron chi connectivity index (χ1n) is 2.68. The average molecular weight is 243 g/mol. The molecular formula is C6H18P2Zr. The molecule has 0 spiro atoms. The van der Waals surface area contributed by atoms with Gasteiger partial charge in [0, 0.05) is 26.2 Å². The maximum Gasteiger partial charge on any atom is 0 e. The predicted molar refractivity (Wildman–Crippen MR) is 49.4 cm³/mol. The van der Waals surface area contributed by atoms with E-state index in [0.29, 0.717) is 15.8 Å². The van der Waals surface area contributed by atoms with Crippen LogP contribution in [0.3, 0.4) is 0 Å². The van der Waals surface area contributed by atoms with E-state index in [9.17, 15) is 0 Å². The molecule has 0 N–H and O–H groups in total. The maximum absolute atomic E-state index is 2.23. The predicted octanol–water partition coefficient (Wildman–Crippen LogP) is 2.71. The van der Waals surface area contributed by atoms with Crippen molar-refractivity contribution in [2.24, 2.45) is 0 Å². The van der Waals surface area contributed by atoms with Crippen molar-refractivity contribution in [1.82, 2.24) is 0 Å². The number of hydrogen-bond donors (Lipinski definition) is 0. The van der Waals surface area contributed by atoms with Crippen molar-refractivity contribution in [3.63, 3.8) is 0 Å². The summed E-state index contributed by atoms with van der Waals surface area (Å²) >= 11 is 0. The Morgan fingerprint density at radius 3 is 0.556 bits per heavy atom. The van der Waals surface area contributed by atoms with E-state index in [4.69, 9.17) is 0 Å². The fourth-order valence-corrected chi connectivity index (χ4v) is 0. The second kappa shape index (κ2) is 12.4. The Bertz CT molecular complexity index is 26.5. The van der Waals surface area contributed by atoms with Crippen LogP contribution in [0.5, 0.6) is 0 Å². The summed E-state index contributed by atoms with van der Waals surface area (Å²) in [6.07, 6.45) is 0. The molecule has 0 bridgehead atoms. The fraction of sp³-hybridized carbons (Fsp3) is 1.00. The van der Waals surface area contributed by atoms with Gasteiger partial charge in [-0.1, -0.05) is 0 Å². The van der Waals surface area contributed by atoms with Crippen molar-refractivity contribution in [3.05, 3.63) is 0 Å². The summed E-state index contributed by atoms with van der Waals surface area (Å²) in [5.74, 6) is 0. The summed E-state index contributed by atoms with van der Waals surface area (Å²) in [7, 11) is 0.759. The molecule has 0 atom stereocenters. The molecule has 0 aliphatic heterocycles. The first-order chi connectivity index (χ1) is 3.46. The van der Waals surface area contributed by atoms with E-state index in [1.807, 2.05) is 0 Å². The molecule has 56 valence electrons. The second-order valence-electron chi connectivity index (χ2n) is 2.68. The van der Waals surface area contributed by atoms with E-state index in [1.54, 1.807) is 0 Å². The first kappa shape index (κ1) is 17.0. The molecule has 0 radical (unpaired) electrons. The molecule has 0 unspecified atom stereocenters. The summed E-state index contributed by atoms with van der Waals surface area (Å²) in [6.45, 7) is 13.4. The molecule has 0 aliphatic rings. The Labute approximate surface area is 81.8 Å². The summed E-state index contributed by atoms with van der Waals surface area (Å²) in [5.41, 5.74) is 0. The van der Waals surface area contributed by atoms with Gasteiger partial charge in [0.1, 0.15) is 0 Å². The van der Waals surface area contributed by atoms with Crippen LogP contribution in [0.25, 0.3) is 0 Å². The number of rotatable bonds is 0. The van der Waals surface area contributed by atoms with Gasteiger partial charge in [-0.3, -0.25) is 0 Å². The zero-order chi connectivity index (χ0) is 7.15. The van der Waals surface area contributed by atoms with Gasteiger partial charge in [0.05, 0.1) is 0 Å². The van der Waals surface area contributed by atoms with Crippen LogP contribution >= 0.6 is 15.8 Å². The minimum atomic E-state index is 0. The normalized spacial score (nSPS) is 8.00. The first-order valence-corrected chi connectivity index (χ1v) is 8.05. The summed E-state index contributed by atoms with van der Waals surface area (Å²) in [6, 6.07) is 0. The molecule has 0 fully saturated rings. The summed E-state index contributed by atoms with van der Waals surface area (Å²) in [5, 5.41) is 0. The van der Waals surface area contributed by atoms with Crippen LogP contribution in [0.1, 0.15) is 0 Å². The minimum absolute atomic E-state index is 0. The van der Waals surface area contributed by atoms with Crippen LogP contribution in [0, 0.1) is 0 Å². The topological polar surface area (TPSA) is 0 Å². The molecule has 0 aromatic rings. The Morgan fingerprint density at radius 1 is 0.556 bits per heavy atom. The van der Waals surface area contributed by atoms with Crippen molar-refractivity contribution in [1.29, 1.82) is 0 Å². The summed E-state index contributed by atoms with van der Waals surface area (Å²) in [4.78, 5) is 0. The van der Waals surface area contributed by atoms with Crippen molar-refractivity contribution in [3.8, 4) is 0 Å². The van der Waals surface area contributed by atoms with Gasteiger partial charge >= 0.3 is 0 Å². The van der Waals surface area contributed by atoms with Gasteiger partial charge in [-0.05, 0) is 40.0 Å². The molecule has 0 amide bonds. The second-order valence-corrected chi connectivity index (χ2v) is 8.05. The Kier molecular flexibility index (Phi) is 23.5. The van der Waals surface area contributed by atoms with Gasteiger partial charge in [-0.2, -0.15) is 0 Å². The monoisotopic (exact) mass is 242 g/mol. The van der Waals surface area contributed by atoms with Crippen molar-refractivity contribution in [2.45, 2.75) is 0 Å². The van der Waals surface area contributed by atoms with Crippen LogP contribution in [0.2, 0.25) is 0 Å². The van der Waals surface area contributed by atoms with E-state index in [-0.39, 0.29) is 26.2 Å².